The first-order valence-corrected chi connectivity index (χ1v) is 5.54. The van der Waals surface area contributed by atoms with Crippen LogP contribution in [0.2, 0.25) is 0 Å². The minimum Gasteiger partial charge on any atom is -0.310 e. The SMILES string of the molecule is Fc1cccc(C2CCCN2)c1I. The minimum absolute atomic E-state index is 0.105. The zero-order valence-corrected chi connectivity index (χ0v) is 9.34. The molecular formula is C10H11FIN. The topological polar surface area (TPSA) is 12.0 Å². The van der Waals surface area contributed by atoms with E-state index in [1.807, 2.05) is 6.07 Å². The molecule has 1 fully saturated rings. The minimum atomic E-state index is -0.105. The van der Waals surface area contributed by atoms with Crippen LogP contribution in [0.1, 0.15) is 24.4 Å². The highest BCUT2D eigenvalue weighted by molar-refractivity contribution is 14.1. The lowest BCUT2D eigenvalue weighted by Crippen LogP contribution is -2.14. The van der Waals surface area contributed by atoms with Gasteiger partial charge in [-0.25, -0.2) is 4.39 Å². The van der Waals surface area contributed by atoms with Crippen molar-refractivity contribution in [1.29, 1.82) is 0 Å². The lowest BCUT2D eigenvalue weighted by atomic mass is 10.1. The number of halogens is 2. The molecule has 1 aromatic carbocycles. The van der Waals surface area contributed by atoms with Crippen LogP contribution in [0.3, 0.4) is 0 Å². The Morgan fingerprint density at radius 3 is 3.00 bits per heavy atom. The lowest BCUT2D eigenvalue weighted by Gasteiger charge is -2.12. The molecule has 0 saturated carbocycles. The molecule has 0 spiro atoms. The van der Waals surface area contributed by atoms with Gasteiger partial charge in [0.05, 0.1) is 3.57 Å². The summed E-state index contributed by atoms with van der Waals surface area (Å²) in [6.07, 6.45) is 2.32. The van der Waals surface area contributed by atoms with Gasteiger partial charge in [-0.15, -0.1) is 0 Å². The Balaban J connectivity index is 2.33. The maximum absolute atomic E-state index is 13.2. The van der Waals surface area contributed by atoms with Crippen molar-refractivity contribution < 1.29 is 4.39 Å². The van der Waals surface area contributed by atoms with Crippen LogP contribution in [0.15, 0.2) is 18.2 Å². The molecule has 1 atom stereocenters. The molecule has 0 radical (unpaired) electrons. The Kier molecular flexibility index (Phi) is 2.83. The van der Waals surface area contributed by atoms with Crippen LogP contribution < -0.4 is 5.32 Å². The average Bonchev–Trinajstić information content (AvgIpc) is 2.62. The van der Waals surface area contributed by atoms with Gasteiger partial charge < -0.3 is 5.32 Å². The molecule has 3 heteroatoms. The zero-order valence-electron chi connectivity index (χ0n) is 7.19. The third-order valence-corrected chi connectivity index (χ3v) is 3.56. The molecule has 1 saturated heterocycles. The normalized spacial score (nSPS) is 22.2. The van der Waals surface area contributed by atoms with Crippen molar-refractivity contribution >= 4 is 22.6 Å². The first-order chi connectivity index (χ1) is 6.29. The van der Waals surface area contributed by atoms with Gasteiger partial charge in [0.25, 0.3) is 0 Å². The van der Waals surface area contributed by atoms with E-state index >= 15 is 0 Å². The molecule has 1 unspecified atom stereocenters. The lowest BCUT2D eigenvalue weighted by molar-refractivity contribution is 0.597. The second kappa shape index (κ2) is 3.92. The highest BCUT2D eigenvalue weighted by atomic mass is 127. The van der Waals surface area contributed by atoms with Gasteiger partial charge in [-0.1, -0.05) is 12.1 Å². The van der Waals surface area contributed by atoms with Crippen molar-refractivity contribution in [3.8, 4) is 0 Å². The molecule has 1 aliphatic heterocycles. The number of hydrogen-bond donors (Lipinski definition) is 1. The first kappa shape index (κ1) is 9.40. The van der Waals surface area contributed by atoms with Gasteiger partial charge in [0, 0.05) is 6.04 Å². The predicted octanol–water partition coefficient (Wildman–Crippen LogP) is 2.85. The van der Waals surface area contributed by atoms with Crippen LogP contribution in [0.5, 0.6) is 0 Å². The molecule has 1 heterocycles. The summed E-state index contributed by atoms with van der Waals surface area (Å²) in [6.45, 7) is 1.05. The smallest absolute Gasteiger partial charge is 0.136 e. The summed E-state index contributed by atoms with van der Waals surface area (Å²) in [5.41, 5.74) is 1.11. The Morgan fingerprint density at radius 1 is 1.46 bits per heavy atom. The maximum Gasteiger partial charge on any atom is 0.136 e. The summed E-state index contributed by atoms with van der Waals surface area (Å²) in [4.78, 5) is 0. The van der Waals surface area contributed by atoms with Crippen LogP contribution in [-0.2, 0) is 0 Å². The van der Waals surface area contributed by atoms with E-state index in [4.69, 9.17) is 0 Å². The van der Waals surface area contributed by atoms with Crippen molar-refractivity contribution in [2.24, 2.45) is 0 Å². The van der Waals surface area contributed by atoms with Gasteiger partial charge in [-0.2, -0.15) is 0 Å². The van der Waals surface area contributed by atoms with Crippen molar-refractivity contribution in [1.82, 2.24) is 5.32 Å². The van der Waals surface area contributed by atoms with E-state index in [9.17, 15) is 4.39 Å². The van der Waals surface area contributed by atoms with Gasteiger partial charge in [-0.3, -0.25) is 0 Å². The largest absolute Gasteiger partial charge is 0.310 e. The fraction of sp³-hybridized carbons (Fsp3) is 0.400. The highest BCUT2D eigenvalue weighted by Crippen LogP contribution is 2.28. The van der Waals surface area contributed by atoms with E-state index in [1.165, 1.54) is 12.5 Å². The summed E-state index contributed by atoms with van der Waals surface area (Å²) in [5.74, 6) is -0.105. The molecule has 1 N–H and O–H groups in total. The number of nitrogens with one attached hydrogen (secondary N) is 1. The van der Waals surface area contributed by atoms with Crippen molar-refractivity contribution in [2.45, 2.75) is 18.9 Å². The summed E-state index contributed by atoms with van der Waals surface area (Å²) < 4.78 is 14.0. The maximum atomic E-state index is 13.2. The molecule has 0 aromatic heterocycles. The standard InChI is InChI=1S/C10H11FIN/c11-8-4-1-3-7(10(8)12)9-5-2-6-13-9/h1,3-4,9,13H,2,5-6H2. The molecule has 0 amide bonds. The highest BCUT2D eigenvalue weighted by Gasteiger charge is 2.19. The van der Waals surface area contributed by atoms with Crippen molar-refractivity contribution in [3.63, 3.8) is 0 Å². The second-order valence-corrected chi connectivity index (χ2v) is 4.37. The molecule has 13 heavy (non-hydrogen) atoms. The second-order valence-electron chi connectivity index (χ2n) is 3.29. The van der Waals surface area contributed by atoms with E-state index in [-0.39, 0.29) is 5.82 Å². The van der Waals surface area contributed by atoms with E-state index in [2.05, 4.69) is 27.9 Å². The van der Waals surface area contributed by atoms with Crippen LogP contribution in [0.25, 0.3) is 0 Å². The van der Waals surface area contributed by atoms with Crippen LogP contribution in [0, 0.1) is 9.39 Å². The van der Waals surface area contributed by atoms with E-state index in [1.54, 1.807) is 6.07 Å². The Morgan fingerprint density at radius 2 is 2.31 bits per heavy atom. The zero-order chi connectivity index (χ0) is 9.26. The fourth-order valence-electron chi connectivity index (χ4n) is 1.74. The van der Waals surface area contributed by atoms with Gasteiger partial charge >= 0.3 is 0 Å². The van der Waals surface area contributed by atoms with Gasteiger partial charge in [0.2, 0.25) is 0 Å². The van der Waals surface area contributed by atoms with Gasteiger partial charge in [0.15, 0.2) is 0 Å². The van der Waals surface area contributed by atoms with Gasteiger partial charge in [0.1, 0.15) is 5.82 Å². The number of benzene rings is 1. The number of rotatable bonds is 1. The molecule has 1 nitrogen and oxygen atoms in total. The van der Waals surface area contributed by atoms with Crippen LogP contribution in [-0.4, -0.2) is 6.54 Å². The molecule has 70 valence electrons. The Labute approximate surface area is 90.9 Å². The number of hydrogen-bond acceptors (Lipinski definition) is 1. The predicted molar refractivity (Wildman–Crippen MR) is 59.1 cm³/mol. The quantitative estimate of drug-likeness (QED) is 0.785. The van der Waals surface area contributed by atoms with E-state index in [0.717, 1.165) is 22.1 Å². The summed E-state index contributed by atoms with van der Waals surface area (Å²) in [7, 11) is 0. The third kappa shape index (κ3) is 1.86. The molecule has 1 aromatic rings. The molecule has 0 aliphatic carbocycles. The molecule has 0 bridgehead atoms. The van der Waals surface area contributed by atoms with Crippen molar-refractivity contribution in [3.05, 3.63) is 33.1 Å². The monoisotopic (exact) mass is 291 g/mol. The van der Waals surface area contributed by atoms with E-state index < -0.39 is 0 Å². The summed E-state index contributed by atoms with van der Waals surface area (Å²) in [6, 6.07) is 5.67. The Hall–Kier alpha value is -0.160. The molecule has 2 rings (SSSR count). The van der Waals surface area contributed by atoms with Gasteiger partial charge in [-0.05, 0) is 53.6 Å². The van der Waals surface area contributed by atoms with Crippen molar-refractivity contribution in [2.75, 3.05) is 6.54 Å². The molecule has 1 aliphatic rings. The first-order valence-electron chi connectivity index (χ1n) is 4.46. The summed E-state index contributed by atoms with van der Waals surface area (Å²) >= 11 is 2.08. The molecular weight excluding hydrogens is 280 g/mol. The third-order valence-electron chi connectivity index (χ3n) is 2.42. The van der Waals surface area contributed by atoms with E-state index in [0.29, 0.717) is 6.04 Å². The fourth-order valence-corrected chi connectivity index (χ4v) is 2.48. The average molecular weight is 291 g/mol. The van der Waals surface area contributed by atoms with Crippen LogP contribution in [0.4, 0.5) is 4.39 Å². The Bertz CT molecular complexity index is 308. The summed E-state index contributed by atoms with van der Waals surface area (Å²) in [5, 5.41) is 3.37. The van der Waals surface area contributed by atoms with Crippen LogP contribution >= 0.6 is 22.6 Å².